The zero-order valence-corrected chi connectivity index (χ0v) is 9.51. The number of hydrogen-bond donors (Lipinski definition) is 1. The zero-order valence-electron chi connectivity index (χ0n) is 7.11. The van der Waals surface area contributed by atoms with Gasteiger partial charge in [0.25, 0.3) is 0 Å². The van der Waals surface area contributed by atoms with Crippen LogP contribution in [0.2, 0.25) is 0 Å². The molecule has 0 saturated carbocycles. The molecule has 0 saturated heterocycles. The van der Waals surface area contributed by atoms with Crippen LogP contribution in [0.15, 0.2) is 45.8 Å². The van der Waals surface area contributed by atoms with Crippen LogP contribution in [0.4, 0.5) is 0 Å². The molecule has 2 rings (SSSR count). The molecule has 1 N–H and O–H groups in total. The molecule has 0 aliphatic rings. The highest BCUT2D eigenvalue weighted by molar-refractivity contribution is 9.10. The van der Waals surface area contributed by atoms with Gasteiger partial charge < -0.3 is 4.55 Å². The van der Waals surface area contributed by atoms with Crippen molar-refractivity contribution in [2.75, 3.05) is 0 Å². The molecule has 0 fully saturated rings. The third-order valence-corrected chi connectivity index (χ3v) is 3.15. The van der Waals surface area contributed by atoms with E-state index >= 15 is 0 Å². The third-order valence-electron chi connectivity index (χ3n) is 1.98. The number of fused-ring (bicyclic) bond motifs is 1. The van der Waals surface area contributed by atoms with Gasteiger partial charge in [0.15, 0.2) is 11.1 Å². The molecule has 0 radical (unpaired) electrons. The van der Waals surface area contributed by atoms with Gasteiger partial charge in [-0.05, 0) is 17.5 Å². The summed E-state index contributed by atoms with van der Waals surface area (Å²) in [6, 6.07) is 11.1. The molecule has 0 spiro atoms. The van der Waals surface area contributed by atoms with E-state index in [1.165, 1.54) is 0 Å². The van der Waals surface area contributed by atoms with Gasteiger partial charge in [0.1, 0.15) is 0 Å². The molecule has 1 unspecified atom stereocenters. The van der Waals surface area contributed by atoms with Crippen LogP contribution in [0.3, 0.4) is 0 Å². The lowest BCUT2D eigenvalue weighted by Gasteiger charge is -2.03. The summed E-state index contributed by atoms with van der Waals surface area (Å²) >= 11 is 1.36. The molecular weight excluding hydrogens is 264 g/mol. The highest BCUT2D eigenvalue weighted by Gasteiger charge is 2.06. The molecule has 0 aliphatic heterocycles. The van der Waals surface area contributed by atoms with Gasteiger partial charge in [-0.2, -0.15) is 0 Å². The SMILES string of the molecule is O=S(O)c1cc(Br)cc2ccccc12. The van der Waals surface area contributed by atoms with E-state index in [0.717, 1.165) is 15.2 Å². The number of benzene rings is 2. The second-order valence-corrected chi connectivity index (χ2v) is 4.73. The minimum absolute atomic E-state index is 0.440. The van der Waals surface area contributed by atoms with Crippen LogP contribution >= 0.6 is 15.9 Å². The van der Waals surface area contributed by atoms with Gasteiger partial charge >= 0.3 is 0 Å². The molecule has 4 heteroatoms. The molecule has 0 bridgehead atoms. The van der Waals surface area contributed by atoms with Crippen LogP contribution < -0.4 is 0 Å². The summed E-state index contributed by atoms with van der Waals surface area (Å²) in [5, 5.41) is 1.77. The van der Waals surface area contributed by atoms with Crippen LogP contribution in [-0.2, 0) is 11.1 Å². The molecule has 1 atom stereocenters. The summed E-state index contributed by atoms with van der Waals surface area (Å²) in [5.74, 6) is 0. The van der Waals surface area contributed by atoms with Crippen molar-refractivity contribution in [1.82, 2.24) is 0 Å². The first kappa shape index (κ1) is 9.83. The van der Waals surface area contributed by atoms with E-state index in [0.29, 0.717) is 4.90 Å². The van der Waals surface area contributed by atoms with Gasteiger partial charge in [-0.1, -0.05) is 40.2 Å². The second-order valence-electron chi connectivity index (χ2n) is 2.87. The molecule has 2 aromatic rings. The predicted molar refractivity (Wildman–Crippen MR) is 60.7 cm³/mol. The van der Waals surface area contributed by atoms with Crippen LogP contribution in [-0.4, -0.2) is 8.76 Å². The predicted octanol–water partition coefficient (Wildman–Crippen LogP) is 3.18. The maximum absolute atomic E-state index is 11.1. The Kier molecular flexibility index (Phi) is 2.67. The van der Waals surface area contributed by atoms with Crippen molar-refractivity contribution >= 4 is 37.8 Å². The van der Waals surface area contributed by atoms with Gasteiger partial charge in [0, 0.05) is 9.86 Å². The third kappa shape index (κ3) is 1.73. The van der Waals surface area contributed by atoms with Crippen molar-refractivity contribution in [2.45, 2.75) is 4.90 Å². The first-order chi connectivity index (χ1) is 6.68. The second kappa shape index (κ2) is 3.81. The van der Waals surface area contributed by atoms with Crippen LogP contribution in [0.25, 0.3) is 10.8 Å². The Labute approximate surface area is 92.4 Å². The van der Waals surface area contributed by atoms with Gasteiger partial charge in [0.05, 0.1) is 4.90 Å². The summed E-state index contributed by atoms with van der Waals surface area (Å²) in [6.07, 6.45) is 0. The van der Waals surface area contributed by atoms with Crippen molar-refractivity contribution in [2.24, 2.45) is 0 Å². The summed E-state index contributed by atoms with van der Waals surface area (Å²) in [4.78, 5) is 0.440. The molecule has 14 heavy (non-hydrogen) atoms. The lowest BCUT2D eigenvalue weighted by Crippen LogP contribution is -1.90. The van der Waals surface area contributed by atoms with Crippen molar-refractivity contribution < 1.29 is 8.76 Å². The van der Waals surface area contributed by atoms with Gasteiger partial charge in [-0.25, -0.2) is 4.21 Å². The highest BCUT2D eigenvalue weighted by Crippen LogP contribution is 2.25. The van der Waals surface area contributed by atoms with E-state index < -0.39 is 11.1 Å². The fourth-order valence-corrected chi connectivity index (χ4v) is 2.61. The maximum Gasteiger partial charge on any atom is 0.187 e. The molecule has 72 valence electrons. The van der Waals surface area contributed by atoms with Gasteiger partial charge in [-0.3, -0.25) is 0 Å². The van der Waals surface area contributed by atoms with E-state index in [2.05, 4.69) is 15.9 Å². The molecule has 0 amide bonds. The first-order valence-electron chi connectivity index (χ1n) is 3.97. The molecule has 2 aromatic carbocycles. The van der Waals surface area contributed by atoms with Crippen molar-refractivity contribution in [1.29, 1.82) is 0 Å². The largest absolute Gasteiger partial charge is 0.302 e. The topological polar surface area (TPSA) is 37.3 Å². The lowest BCUT2D eigenvalue weighted by atomic mass is 10.1. The minimum atomic E-state index is -1.94. The van der Waals surface area contributed by atoms with Crippen molar-refractivity contribution in [3.05, 3.63) is 40.9 Å². The van der Waals surface area contributed by atoms with E-state index in [-0.39, 0.29) is 0 Å². The average Bonchev–Trinajstić information content (AvgIpc) is 2.16. The van der Waals surface area contributed by atoms with Crippen molar-refractivity contribution in [3.63, 3.8) is 0 Å². The van der Waals surface area contributed by atoms with Crippen molar-refractivity contribution in [3.8, 4) is 0 Å². The van der Waals surface area contributed by atoms with E-state index in [4.69, 9.17) is 4.55 Å². The first-order valence-corrected chi connectivity index (χ1v) is 5.87. The quantitative estimate of drug-likeness (QED) is 0.809. The fraction of sp³-hybridized carbons (Fsp3) is 0. The smallest absolute Gasteiger partial charge is 0.187 e. The van der Waals surface area contributed by atoms with Crippen LogP contribution in [0, 0.1) is 0 Å². The molecular formula is C10H7BrO2S. The Morgan fingerprint density at radius 2 is 1.93 bits per heavy atom. The number of halogens is 1. The van der Waals surface area contributed by atoms with E-state index in [1.54, 1.807) is 6.07 Å². The average molecular weight is 271 g/mol. The Morgan fingerprint density at radius 1 is 1.21 bits per heavy atom. The monoisotopic (exact) mass is 270 g/mol. The fourth-order valence-electron chi connectivity index (χ4n) is 1.38. The Hall–Kier alpha value is -0.710. The minimum Gasteiger partial charge on any atom is -0.302 e. The van der Waals surface area contributed by atoms with E-state index in [9.17, 15) is 4.21 Å². The summed E-state index contributed by atoms with van der Waals surface area (Å²) in [5.41, 5.74) is 0. The summed E-state index contributed by atoms with van der Waals surface area (Å²) in [6.45, 7) is 0. The lowest BCUT2D eigenvalue weighted by molar-refractivity contribution is 0.565. The highest BCUT2D eigenvalue weighted by atomic mass is 79.9. The molecule has 2 nitrogen and oxygen atoms in total. The number of rotatable bonds is 1. The summed E-state index contributed by atoms with van der Waals surface area (Å²) in [7, 11) is 0. The standard InChI is InChI=1S/C10H7BrO2S/c11-8-5-7-3-1-2-4-9(7)10(6-8)14(12)13/h1-6H,(H,12,13). The molecule has 0 aliphatic carbocycles. The Bertz CT molecular complexity index is 510. The van der Waals surface area contributed by atoms with Gasteiger partial charge in [0.2, 0.25) is 0 Å². The Morgan fingerprint density at radius 3 is 2.64 bits per heavy atom. The van der Waals surface area contributed by atoms with Crippen LogP contribution in [0.5, 0.6) is 0 Å². The zero-order chi connectivity index (χ0) is 10.1. The van der Waals surface area contributed by atoms with Gasteiger partial charge in [-0.15, -0.1) is 0 Å². The normalized spacial score (nSPS) is 13.0. The maximum atomic E-state index is 11.1. The molecule has 0 heterocycles. The van der Waals surface area contributed by atoms with Crippen LogP contribution in [0.1, 0.15) is 0 Å². The Balaban J connectivity index is 2.87. The van der Waals surface area contributed by atoms with E-state index in [1.807, 2.05) is 30.3 Å². The summed E-state index contributed by atoms with van der Waals surface area (Å²) < 4.78 is 21.0. The molecule has 0 aromatic heterocycles. The number of hydrogen-bond acceptors (Lipinski definition) is 1.